The molecular formula is C18H18N2O. The van der Waals surface area contributed by atoms with E-state index in [-0.39, 0.29) is 12.5 Å². The molecule has 21 heavy (non-hydrogen) atoms. The van der Waals surface area contributed by atoms with E-state index in [1.807, 2.05) is 25.1 Å². The molecule has 0 saturated heterocycles. The number of benzene rings is 1. The number of aryl methyl sites for hydroxylation is 2. The van der Waals surface area contributed by atoms with Gasteiger partial charge < -0.3 is 5.32 Å². The van der Waals surface area contributed by atoms with Gasteiger partial charge in [0.15, 0.2) is 0 Å². The summed E-state index contributed by atoms with van der Waals surface area (Å²) in [6.07, 6.45) is 9.38. The maximum absolute atomic E-state index is 12.6. The lowest BCUT2D eigenvalue weighted by Crippen LogP contribution is -2.26. The van der Waals surface area contributed by atoms with Crippen molar-refractivity contribution in [1.29, 1.82) is 0 Å². The number of fused-ring (bicyclic) bond motifs is 2. The van der Waals surface area contributed by atoms with Crippen LogP contribution in [0.25, 0.3) is 10.9 Å². The molecule has 0 radical (unpaired) electrons. The maximum Gasteiger partial charge on any atom is 0.253 e. The van der Waals surface area contributed by atoms with E-state index in [9.17, 15) is 4.79 Å². The molecule has 106 valence electrons. The summed E-state index contributed by atoms with van der Waals surface area (Å²) in [6.45, 7) is 2.28. The van der Waals surface area contributed by atoms with Crippen LogP contribution in [0.2, 0.25) is 0 Å². The molecule has 1 aromatic heterocycles. The average molecular weight is 278 g/mol. The minimum Gasteiger partial charge on any atom is -0.341 e. The van der Waals surface area contributed by atoms with Crippen molar-refractivity contribution in [3.8, 4) is 12.3 Å². The van der Waals surface area contributed by atoms with Crippen molar-refractivity contribution in [2.75, 3.05) is 6.54 Å². The Morgan fingerprint density at radius 3 is 3.00 bits per heavy atom. The number of amides is 1. The molecule has 0 aliphatic heterocycles. The van der Waals surface area contributed by atoms with Crippen LogP contribution < -0.4 is 5.32 Å². The fourth-order valence-corrected chi connectivity index (χ4v) is 3.02. The highest BCUT2D eigenvalue weighted by atomic mass is 16.1. The Hall–Kier alpha value is -2.34. The molecule has 1 heterocycles. The van der Waals surface area contributed by atoms with Gasteiger partial charge in [0.25, 0.3) is 5.91 Å². The standard InChI is InChI=1S/C18H18N2O/c1-3-10-19-18(21)17-13-6-4-5-7-15(13)20-16-9-8-12(2)11-14(16)17/h1,8-9,11H,4-7,10H2,2H3,(H,19,21). The first-order valence-corrected chi connectivity index (χ1v) is 7.34. The van der Waals surface area contributed by atoms with Crippen LogP contribution in [0.1, 0.15) is 40.0 Å². The Bertz CT molecular complexity index is 756. The second kappa shape index (κ2) is 5.57. The van der Waals surface area contributed by atoms with E-state index in [0.29, 0.717) is 0 Å². The van der Waals surface area contributed by atoms with E-state index in [1.54, 1.807) is 0 Å². The Labute approximate surface area is 124 Å². The molecular weight excluding hydrogens is 260 g/mol. The Balaban J connectivity index is 2.24. The molecule has 3 rings (SSSR count). The summed E-state index contributed by atoms with van der Waals surface area (Å²) in [7, 11) is 0. The van der Waals surface area contributed by atoms with Gasteiger partial charge in [-0.3, -0.25) is 9.78 Å². The van der Waals surface area contributed by atoms with Gasteiger partial charge in [-0.2, -0.15) is 0 Å². The van der Waals surface area contributed by atoms with E-state index < -0.39 is 0 Å². The number of carbonyl (C=O) groups excluding carboxylic acids is 1. The zero-order valence-electron chi connectivity index (χ0n) is 12.2. The minimum absolute atomic E-state index is 0.0795. The molecule has 1 aliphatic rings. The van der Waals surface area contributed by atoms with Crippen molar-refractivity contribution in [2.24, 2.45) is 0 Å². The predicted molar refractivity (Wildman–Crippen MR) is 84.3 cm³/mol. The van der Waals surface area contributed by atoms with Gasteiger partial charge >= 0.3 is 0 Å². The lowest BCUT2D eigenvalue weighted by Gasteiger charge is -2.20. The van der Waals surface area contributed by atoms with Crippen molar-refractivity contribution in [3.63, 3.8) is 0 Å². The molecule has 2 aromatic rings. The molecule has 3 nitrogen and oxygen atoms in total. The second-order valence-electron chi connectivity index (χ2n) is 5.53. The number of nitrogens with zero attached hydrogens (tertiary/aromatic N) is 1. The summed E-state index contributed by atoms with van der Waals surface area (Å²) in [5.41, 5.74) is 4.98. The van der Waals surface area contributed by atoms with Gasteiger partial charge in [-0.05, 0) is 50.3 Å². The van der Waals surface area contributed by atoms with Gasteiger partial charge in [0.1, 0.15) is 0 Å². The fraction of sp³-hybridized carbons (Fsp3) is 0.333. The van der Waals surface area contributed by atoms with Crippen molar-refractivity contribution < 1.29 is 4.79 Å². The number of carbonyl (C=O) groups is 1. The third-order valence-electron chi connectivity index (χ3n) is 4.00. The largest absolute Gasteiger partial charge is 0.341 e. The molecule has 1 aromatic carbocycles. The molecule has 3 heteroatoms. The lowest BCUT2D eigenvalue weighted by atomic mass is 9.89. The van der Waals surface area contributed by atoms with Gasteiger partial charge in [0.2, 0.25) is 0 Å². The van der Waals surface area contributed by atoms with Crippen molar-refractivity contribution in [2.45, 2.75) is 32.6 Å². The number of nitrogens with one attached hydrogen (secondary N) is 1. The van der Waals surface area contributed by atoms with Crippen molar-refractivity contribution in [3.05, 3.63) is 40.6 Å². The fourth-order valence-electron chi connectivity index (χ4n) is 3.02. The number of hydrogen-bond acceptors (Lipinski definition) is 2. The predicted octanol–water partition coefficient (Wildman–Crippen LogP) is 2.79. The normalized spacial score (nSPS) is 13.5. The van der Waals surface area contributed by atoms with Crippen LogP contribution in [0.4, 0.5) is 0 Å². The molecule has 0 saturated carbocycles. The number of pyridine rings is 1. The quantitative estimate of drug-likeness (QED) is 0.858. The first-order valence-electron chi connectivity index (χ1n) is 7.34. The lowest BCUT2D eigenvalue weighted by molar-refractivity contribution is 0.0959. The highest BCUT2D eigenvalue weighted by Crippen LogP contribution is 2.29. The van der Waals surface area contributed by atoms with Crippen LogP contribution in [-0.4, -0.2) is 17.4 Å². The molecule has 0 unspecified atom stereocenters. The van der Waals surface area contributed by atoms with E-state index in [2.05, 4.69) is 11.2 Å². The average Bonchev–Trinajstić information content (AvgIpc) is 2.50. The molecule has 0 atom stereocenters. The van der Waals surface area contributed by atoms with Crippen LogP contribution in [0.3, 0.4) is 0 Å². The topological polar surface area (TPSA) is 42.0 Å². The van der Waals surface area contributed by atoms with E-state index in [1.165, 1.54) is 0 Å². The summed E-state index contributed by atoms with van der Waals surface area (Å²) >= 11 is 0. The first kappa shape index (κ1) is 13.6. The maximum atomic E-state index is 12.6. The molecule has 0 spiro atoms. The second-order valence-corrected chi connectivity index (χ2v) is 5.53. The number of hydrogen-bond donors (Lipinski definition) is 1. The summed E-state index contributed by atoms with van der Waals surface area (Å²) in [4.78, 5) is 17.3. The Kier molecular flexibility index (Phi) is 3.62. The molecule has 0 bridgehead atoms. The van der Waals surface area contributed by atoms with Crippen LogP contribution in [-0.2, 0) is 12.8 Å². The smallest absolute Gasteiger partial charge is 0.253 e. The Morgan fingerprint density at radius 2 is 2.19 bits per heavy atom. The van der Waals surface area contributed by atoms with Gasteiger partial charge in [-0.25, -0.2) is 0 Å². The third-order valence-corrected chi connectivity index (χ3v) is 4.00. The minimum atomic E-state index is -0.0795. The van der Waals surface area contributed by atoms with Crippen LogP contribution in [0.15, 0.2) is 18.2 Å². The van der Waals surface area contributed by atoms with Gasteiger partial charge in [-0.1, -0.05) is 17.6 Å². The van der Waals surface area contributed by atoms with Gasteiger partial charge in [-0.15, -0.1) is 6.42 Å². The molecule has 1 amide bonds. The van der Waals surface area contributed by atoms with E-state index in [0.717, 1.165) is 59.0 Å². The van der Waals surface area contributed by atoms with Gasteiger partial charge in [0.05, 0.1) is 17.6 Å². The van der Waals surface area contributed by atoms with Crippen molar-refractivity contribution in [1.82, 2.24) is 10.3 Å². The molecule has 0 fully saturated rings. The van der Waals surface area contributed by atoms with Crippen LogP contribution >= 0.6 is 0 Å². The monoisotopic (exact) mass is 278 g/mol. The highest BCUT2D eigenvalue weighted by molar-refractivity contribution is 6.08. The number of rotatable bonds is 2. The van der Waals surface area contributed by atoms with Crippen LogP contribution in [0.5, 0.6) is 0 Å². The summed E-state index contributed by atoms with van der Waals surface area (Å²) in [5, 5.41) is 3.74. The molecule has 1 aliphatic carbocycles. The summed E-state index contributed by atoms with van der Waals surface area (Å²) in [6, 6.07) is 6.08. The zero-order chi connectivity index (χ0) is 14.8. The molecule has 1 N–H and O–H groups in total. The summed E-state index contributed by atoms with van der Waals surface area (Å²) < 4.78 is 0. The van der Waals surface area contributed by atoms with E-state index in [4.69, 9.17) is 11.4 Å². The van der Waals surface area contributed by atoms with Crippen molar-refractivity contribution >= 4 is 16.8 Å². The van der Waals surface area contributed by atoms with Gasteiger partial charge in [0, 0.05) is 11.1 Å². The van der Waals surface area contributed by atoms with Crippen LogP contribution in [0, 0.1) is 19.3 Å². The zero-order valence-corrected chi connectivity index (χ0v) is 12.2. The highest BCUT2D eigenvalue weighted by Gasteiger charge is 2.22. The Morgan fingerprint density at radius 1 is 1.38 bits per heavy atom. The first-order chi connectivity index (χ1) is 10.2. The number of aromatic nitrogens is 1. The third kappa shape index (κ3) is 2.50. The number of terminal acetylenes is 1. The SMILES string of the molecule is C#CCNC(=O)c1c2c(nc3ccc(C)cc13)CCCC2. The van der Waals surface area contributed by atoms with E-state index >= 15 is 0 Å². The summed E-state index contributed by atoms with van der Waals surface area (Å²) in [5.74, 6) is 2.38.